The van der Waals surface area contributed by atoms with Gasteiger partial charge in [-0.3, -0.25) is 4.79 Å². The molecule has 0 bridgehead atoms. The van der Waals surface area contributed by atoms with Crippen molar-refractivity contribution in [2.75, 3.05) is 6.54 Å². The van der Waals surface area contributed by atoms with Crippen LogP contribution in [0.25, 0.3) is 0 Å². The summed E-state index contributed by atoms with van der Waals surface area (Å²) in [5.41, 5.74) is 1.07. The maximum atomic E-state index is 12.0. The fourth-order valence-corrected chi connectivity index (χ4v) is 2.56. The molecule has 0 aromatic heterocycles. The van der Waals surface area contributed by atoms with Crippen LogP contribution in [0.4, 0.5) is 0 Å². The van der Waals surface area contributed by atoms with Crippen LogP contribution in [0.3, 0.4) is 0 Å². The maximum absolute atomic E-state index is 12.0. The molecule has 1 aromatic carbocycles. The van der Waals surface area contributed by atoms with Crippen molar-refractivity contribution < 1.29 is 4.79 Å². The summed E-state index contributed by atoms with van der Waals surface area (Å²) in [6, 6.07) is 9.90. The molecular formula is C14H18BrNO. The number of amides is 1. The minimum absolute atomic E-state index is 0.0740. The van der Waals surface area contributed by atoms with Crippen LogP contribution in [0.5, 0.6) is 0 Å². The van der Waals surface area contributed by atoms with Gasteiger partial charge in [0, 0.05) is 11.4 Å². The molecule has 2 nitrogen and oxygen atoms in total. The predicted octanol–water partition coefficient (Wildman–Crippen LogP) is 3.08. The van der Waals surface area contributed by atoms with Crippen molar-refractivity contribution in [3.8, 4) is 0 Å². The van der Waals surface area contributed by atoms with Gasteiger partial charge in [0.1, 0.15) is 0 Å². The Morgan fingerprint density at radius 2 is 2.06 bits per heavy atom. The van der Waals surface area contributed by atoms with E-state index < -0.39 is 0 Å². The molecule has 1 N–H and O–H groups in total. The number of hydrogen-bond donors (Lipinski definition) is 1. The quantitative estimate of drug-likeness (QED) is 0.831. The highest BCUT2D eigenvalue weighted by Crippen LogP contribution is 2.36. The Hall–Kier alpha value is -0.830. The first kappa shape index (κ1) is 12.6. The number of nitrogens with one attached hydrogen (secondary N) is 1. The van der Waals surface area contributed by atoms with E-state index in [1.807, 2.05) is 37.3 Å². The van der Waals surface area contributed by atoms with Gasteiger partial charge in [-0.15, -0.1) is 0 Å². The summed E-state index contributed by atoms with van der Waals surface area (Å²) in [5, 5.41) is 3.02. The molecule has 1 amide bonds. The fourth-order valence-electron chi connectivity index (χ4n) is 1.87. The molecule has 2 atom stereocenters. The zero-order chi connectivity index (χ0) is 12.3. The van der Waals surface area contributed by atoms with Crippen molar-refractivity contribution in [3.05, 3.63) is 35.9 Å². The molecule has 2 rings (SSSR count). The lowest BCUT2D eigenvalue weighted by molar-refractivity contribution is -0.122. The Morgan fingerprint density at radius 1 is 1.41 bits per heavy atom. The Kier molecular flexibility index (Phi) is 4.21. The first-order chi connectivity index (χ1) is 8.18. The van der Waals surface area contributed by atoms with Gasteiger partial charge in [0.2, 0.25) is 5.91 Å². The second kappa shape index (κ2) is 5.67. The smallest absolute Gasteiger partial charge is 0.227 e. The molecule has 0 heterocycles. The molecule has 1 aliphatic rings. The minimum Gasteiger partial charge on any atom is -0.354 e. The van der Waals surface area contributed by atoms with Crippen LogP contribution in [-0.2, 0) is 4.79 Å². The van der Waals surface area contributed by atoms with Crippen LogP contribution in [0, 0.1) is 5.92 Å². The highest BCUT2D eigenvalue weighted by Gasteiger charge is 2.29. The predicted molar refractivity (Wildman–Crippen MR) is 73.3 cm³/mol. The molecule has 0 saturated heterocycles. The molecule has 2 unspecified atom stereocenters. The van der Waals surface area contributed by atoms with Gasteiger partial charge >= 0.3 is 0 Å². The molecule has 1 saturated carbocycles. The Balaban J connectivity index is 1.82. The summed E-state index contributed by atoms with van der Waals surface area (Å²) in [4.78, 5) is 12.4. The number of carbonyl (C=O) groups is 1. The summed E-state index contributed by atoms with van der Waals surface area (Å²) in [5.74, 6) is 0.804. The summed E-state index contributed by atoms with van der Waals surface area (Å²) in [6.45, 7) is 2.69. The van der Waals surface area contributed by atoms with Crippen molar-refractivity contribution >= 4 is 21.8 Å². The molecule has 0 radical (unpaired) electrons. The molecule has 1 aliphatic carbocycles. The zero-order valence-corrected chi connectivity index (χ0v) is 11.6. The van der Waals surface area contributed by atoms with Crippen molar-refractivity contribution in [2.24, 2.45) is 5.92 Å². The van der Waals surface area contributed by atoms with Gasteiger partial charge in [0.25, 0.3) is 0 Å². The van der Waals surface area contributed by atoms with E-state index >= 15 is 0 Å². The van der Waals surface area contributed by atoms with Crippen molar-refractivity contribution in [3.63, 3.8) is 0 Å². The number of halogens is 1. The van der Waals surface area contributed by atoms with Crippen LogP contribution in [0.15, 0.2) is 30.3 Å². The van der Waals surface area contributed by atoms with Crippen LogP contribution in [-0.4, -0.2) is 17.3 Å². The van der Waals surface area contributed by atoms with Gasteiger partial charge in [0.05, 0.1) is 5.92 Å². The highest BCUT2D eigenvalue weighted by atomic mass is 79.9. The van der Waals surface area contributed by atoms with Gasteiger partial charge < -0.3 is 5.32 Å². The topological polar surface area (TPSA) is 29.1 Å². The van der Waals surface area contributed by atoms with Crippen LogP contribution in [0.1, 0.15) is 31.2 Å². The second-order valence-electron chi connectivity index (χ2n) is 4.73. The van der Waals surface area contributed by atoms with Crippen molar-refractivity contribution in [1.29, 1.82) is 0 Å². The number of alkyl halides is 1. The monoisotopic (exact) mass is 295 g/mol. The highest BCUT2D eigenvalue weighted by molar-refractivity contribution is 9.09. The van der Waals surface area contributed by atoms with Crippen LogP contribution >= 0.6 is 15.9 Å². The van der Waals surface area contributed by atoms with Gasteiger partial charge in [-0.05, 0) is 31.2 Å². The zero-order valence-electron chi connectivity index (χ0n) is 10.0. The fraction of sp³-hybridized carbons (Fsp3) is 0.500. The summed E-state index contributed by atoms with van der Waals surface area (Å²) >= 11 is 3.62. The van der Waals surface area contributed by atoms with E-state index in [0.717, 1.165) is 18.0 Å². The number of hydrogen-bond acceptors (Lipinski definition) is 1. The first-order valence-corrected chi connectivity index (χ1v) is 7.07. The second-order valence-corrected chi connectivity index (χ2v) is 5.91. The van der Waals surface area contributed by atoms with E-state index in [1.54, 1.807) is 0 Å². The van der Waals surface area contributed by atoms with Crippen LogP contribution in [0.2, 0.25) is 0 Å². The number of benzene rings is 1. The summed E-state index contributed by atoms with van der Waals surface area (Å²) < 4.78 is 0. The Bertz CT molecular complexity index is 375. The van der Waals surface area contributed by atoms with E-state index in [9.17, 15) is 4.79 Å². The van der Waals surface area contributed by atoms with Gasteiger partial charge in [0.15, 0.2) is 0 Å². The summed E-state index contributed by atoms with van der Waals surface area (Å²) in [7, 11) is 0. The van der Waals surface area contributed by atoms with E-state index in [1.165, 1.54) is 12.8 Å². The molecular weight excluding hydrogens is 278 g/mol. The lowest BCUT2D eigenvalue weighted by atomic mass is 10.0. The minimum atomic E-state index is -0.0740. The molecule has 0 spiro atoms. The van der Waals surface area contributed by atoms with E-state index in [4.69, 9.17) is 0 Å². The van der Waals surface area contributed by atoms with E-state index in [2.05, 4.69) is 21.2 Å². The first-order valence-electron chi connectivity index (χ1n) is 6.15. The Labute approximate surface area is 111 Å². The normalized spacial score (nSPS) is 18.5. The largest absolute Gasteiger partial charge is 0.354 e. The third-order valence-corrected chi connectivity index (χ3v) is 4.37. The third-order valence-electron chi connectivity index (χ3n) is 3.30. The van der Waals surface area contributed by atoms with Gasteiger partial charge in [-0.25, -0.2) is 0 Å². The Morgan fingerprint density at radius 3 is 2.65 bits per heavy atom. The number of rotatable bonds is 5. The average molecular weight is 296 g/mol. The molecule has 1 fully saturated rings. The SMILES string of the molecule is CC(C(=O)NCC(Br)C1CC1)c1ccccc1. The standard InChI is InChI=1S/C14H18BrNO/c1-10(11-5-3-2-4-6-11)14(17)16-9-13(15)12-7-8-12/h2-6,10,12-13H,7-9H2,1H3,(H,16,17). The van der Waals surface area contributed by atoms with E-state index in [0.29, 0.717) is 4.83 Å². The van der Waals surface area contributed by atoms with E-state index in [-0.39, 0.29) is 11.8 Å². The maximum Gasteiger partial charge on any atom is 0.227 e. The molecule has 92 valence electrons. The molecule has 3 heteroatoms. The van der Waals surface area contributed by atoms with Gasteiger partial charge in [-0.2, -0.15) is 0 Å². The number of carbonyl (C=O) groups excluding carboxylic acids is 1. The van der Waals surface area contributed by atoms with Crippen molar-refractivity contribution in [1.82, 2.24) is 5.32 Å². The summed E-state index contributed by atoms with van der Waals surface area (Å²) in [6.07, 6.45) is 2.58. The lowest BCUT2D eigenvalue weighted by Crippen LogP contribution is -2.33. The third kappa shape index (κ3) is 3.56. The molecule has 0 aliphatic heterocycles. The molecule has 17 heavy (non-hydrogen) atoms. The molecule has 1 aromatic rings. The van der Waals surface area contributed by atoms with Crippen molar-refractivity contribution in [2.45, 2.75) is 30.5 Å². The lowest BCUT2D eigenvalue weighted by Gasteiger charge is -2.14. The average Bonchev–Trinajstić information content (AvgIpc) is 3.20. The van der Waals surface area contributed by atoms with Crippen LogP contribution < -0.4 is 5.32 Å². The van der Waals surface area contributed by atoms with Gasteiger partial charge in [-0.1, -0.05) is 46.3 Å².